The summed E-state index contributed by atoms with van der Waals surface area (Å²) in [7, 11) is 0. The number of rotatable bonds is 6. The number of carbonyl (C=O) groups excluding carboxylic acids is 1. The molecule has 0 fully saturated rings. The van der Waals surface area contributed by atoms with E-state index in [1.807, 2.05) is 0 Å². The van der Waals surface area contributed by atoms with E-state index < -0.39 is 11.9 Å². The summed E-state index contributed by atoms with van der Waals surface area (Å²) in [5, 5.41) is 10.9. The zero-order valence-corrected chi connectivity index (χ0v) is 7.87. The standard InChI is InChI=1S/C8H15NO4/c1-3-13-5-7(10)9-4-6(2)8(11)12/h6H,3-5H2,1-2H3,(H,9,10)(H,11,12). The van der Waals surface area contributed by atoms with E-state index in [2.05, 4.69) is 5.32 Å². The minimum Gasteiger partial charge on any atom is -0.481 e. The van der Waals surface area contributed by atoms with Gasteiger partial charge in [0, 0.05) is 13.2 Å². The van der Waals surface area contributed by atoms with Crippen LogP contribution < -0.4 is 5.32 Å². The van der Waals surface area contributed by atoms with E-state index in [1.165, 1.54) is 6.92 Å². The normalized spacial score (nSPS) is 12.2. The average Bonchev–Trinajstić information content (AvgIpc) is 2.10. The molecule has 0 bridgehead atoms. The van der Waals surface area contributed by atoms with Crippen LogP contribution in [0.3, 0.4) is 0 Å². The number of aliphatic carboxylic acids is 1. The first-order chi connectivity index (χ1) is 6.07. The highest BCUT2D eigenvalue weighted by Gasteiger charge is 2.11. The van der Waals surface area contributed by atoms with Crippen molar-refractivity contribution in [2.45, 2.75) is 13.8 Å². The van der Waals surface area contributed by atoms with Gasteiger partial charge in [-0.25, -0.2) is 0 Å². The van der Waals surface area contributed by atoms with Gasteiger partial charge in [-0.1, -0.05) is 6.92 Å². The lowest BCUT2D eigenvalue weighted by atomic mass is 10.2. The van der Waals surface area contributed by atoms with Gasteiger partial charge in [-0.3, -0.25) is 9.59 Å². The molecule has 0 rings (SSSR count). The summed E-state index contributed by atoms with van der Waals surface area (Å²) < 4.78 is 4.83. The number of hydrogen-bond donors (Lipinski definition) is 2. The molecule has 0 saturated heterocycles. The van der Waals surface area contributed by atoms with Crippen molar-refractivity contribution in [2.75, 3.05) is 19.8 Å². The highest BCUT2D eigenvalue weighted by atomic mass is 16.5. The Morgan fingerprint density at radius 1 is 1.54 bits per heavy atom. The molecule has 0 spiro atoms. The van der Waals surface area contributed by atoms with Gasteiger partial charge in [0.05, 0.1) is 5.92 Å². The quantitative estimate of drug-likeness (QED) is 0.609. The predicted octanol–water partition coefficient (Wildman–Crippen LogP) is -0.140. The van der Waals surface area contributed by atoms with Gasteiger partial charge in [0.1, 0.15) is 6.61 Å². The van der Waals surface area contributed by atoms with Gasteiger partial charge in [-0.15, -0.1) is 0 Å². The number of carbonyl (C=O) groups is 2. The summed E-state index contributed by atoms with van der Waals surface area (Å²) in [6, 6.07) is 0. The maximum absolute atomic E-state index is 10.9. The van der Waals surface area contributed by atoms with Gasteiger partial charge in [0.2, 0.25) is 5.91 Å². The van der Waals surface area contributed by atoms with Gasteiger partial charge < -0.3 is 15.2 Å². The molecule has 5 nitrogen and oxygen atoms in total. The molecule has 1 unspecified atom stereocenters. The van der Waals surface area contributed by atoms with Crippen LogP contribution in [0.5, 0.6) is 0 Å². The fourth-order valence-electron chi connectivity index (χ4n) is 0.600. The Bertz CT molecular complexity index is 181. The Morgan fingerprint density at radius 2 is 2.15 bits per heavy atom. The minimum atomic E-state index is -0.920. The molecule has 76 valence electrons. The monoisotopic (exact) mass is 189 g/mol. The fourth-order valence-corrected chi connectivity index (χ4v) is 0.600. The molecule has 13 heavy (non-hydrogen) atoms. The van der Waals surface area contributed by atoms with E-state index in [4.69, 9.17) is 9.84 Å². The topological polar surface area (TPSA) is 75.6 Å². The molecule has 0 aliphatic carbocycles. The first-order valence-corrected chi connectivity index (χ1v) is 4.15. The minimum absolute atomic E-state index is 0.0111. The molecule has 5 heteroatoms. The molecule has 0 radical (unpaired) electrons. The summed E-state index contributed by atoms with van der Waals surface area (Å²) in [6.45, 7) is 3.92. The summed E-state index contributed by atoms with van der Waals surface area (Å²) in [6.07, 6.45) is 0. The smallest absolute Gasteiger partial charge is 0.308 e. The largest absolute Gasteiger partial charge is 0.481 e. The molecular weight excluding hydrogens is 174 g/mol. The number of ether oxygens (including phenoxy) is 1. The van der Waals surface area contributed by atoms with Crippen LogP contribution in [0.1, 0.15) is 13.8 Å². The highest BCUT2D eigenvalue weighted by molar-refractivity contribution is 5.78. The molecular formula is C8H15NO4. The van der Waals surface area contributed by atoms with Crippen LogP contribution in [0.15, 0.2) is 0 Å². The molecule has 0 heterocycles. The zero-order valence-electron chi connectivity index (χ0n) is 7.87. The second-order valence-corrected chi connectivity index (χ2v) is 2.68. The molecule has 0 aliphatic rings. The number of hydrogen-bond acceptors (Lipinski definition) is 3. The van der Waals surface area contributed by atoms with Crippen LogP contribution >= 0.6 is 0 Å². The summed E-state index contributed by atoms with van der Waals surface area (Å²) in [4.78, 5) is 21.2. The molecule has 0 aromatic rings. The number of carboxylic acid groups (broad SMARTS) is 1. The van der Waals surface area contributed by atoms with Crippen molar-refractivity contribution in [3.8, 4) is 0 Å². The van der Waals surface area contributed by atoms with Crippen molar-refractivity contribution >= 4 is 11.9 Å². The van der Waals surface area contributed by atoms with Crippen molar-refractivity contribution in [3.63, 3.8) is 0 Å². The second kappa shape index (κ2) is 6.42. The van der Waals surface area contributed by atoms with Crippen molar-refractivity contribution in [1.82, 2.24) is 5.32 Å². The SMILES string of the molecule is CCOCC(=O)NCC(C)C(=O)O. The molecule has 2 N–H and O–H groups in total. The van der Waals surface area contributed by atoms with E-state index >= 15 is 0 Å². The third-order valence-electron chi connectivity index (χ3n) is 1.46. The first-order valence-electron chi connectivity index (χ1n) is 4.15. The van der Waals surface area contributed by atoms with Crippen LogP contribution in [0.4, 0.5) is 0 Å². The van der Waals surface area contributed by atoms with Crippen LogP contribution in [-0.2, 0) is 14.3 Å². The average molecular weight is 189 g/mol. The van der Waals surface area contributed by atoms with Crippen LogP contribution in [0.2, 0.25) is 0 Å². The van der Waals surface area contributed by atoms with Gasteiger partial charge in [0.25, 0.3) is 0 Å². The van der Waals surface area contributed by atoms with Crippen LogP contribution in [0, 0.1) is 5.92 Å². The van der Waals surface area contributed by atoms with Crippen LogP contribution in [0.25, 0.3) is 0 Å². The lowest BCUT2D eigenvalue weighted by Gasteiger charge is -2.07. The Kier molecular flexibility index (Phi) is 5.88. The van der Waals surface area contributed by atoms with Crippen molar-refractivity contribution in [1.29, 1.82) is 0 Å². The van der Waals surface area contributed by atoms with Gasteiger partial charge >= 0.3 is 5.97 Å². The Hall–Kier alpha value is -1.10. The van der Waals surface area contributed by atoms with Crippen molar-refractivity contribution < 1.29 is 19.4 Å². The van der Waals surface area contributed by atoms with Crippen LogP contribution in [-0.4, -0.2) is 36.7 Å². The van der Waals surface area contributed by atoms with Gasteiger partial charge in [-0.05, 0) is 6.92 Å². The number of nitrogens with one attached hydrogen (secondary N) is 1. The van der Waals surface area contributed by atoms with Gasteiger partial charge in [-0.2, -0.15) is 0 Å². The summed E-state index contributed by atoms with van der Waals surface area (Å²) in [5.41, 5.74) is 0. The lowest BCUT2D eigenvalue weighted by molar-refractivity contribution is -0.141. The van der Waals surface area contributed by atoms with E-state index in [0.717, 1.165) is 0 Å². The molecule has 0 aromatic heterocycles. The van der Waals surface area contributed by atoms with Gasteiger partial charge in [0.15, 0.2) is 0 Å². The molecule has 0 saturated carbocycles. The van der Waals surface area contributed by atoms with E-state index in [9.17, 15) is 9.59 Å². The van der Waals surface area contributed by atoms with E-state index in [1.54, 1.807) is 6.92 Å². The van der Waals surface area contributed by atoms with Crippen molar-refractivity contribution in [2.24, 2.45) is 5.92 Å². The Labute approximate surface area is 77.1 Å². The highest BCUT2D eigenvalue weighted by Crippen LogP contribution is 1.90. The van der Waals surface area contributed by atoms with Crippen molar-refractivity contribution in [3.05, 3.63) is 0 Å². The fraction of sp³-hybridized carbons (Fsp3) is 0.750. The predicted molar refractivity (Wildman–Crippen MR) is 46.3 cm³/mol. The number of carboxylic acids is 1. The summed E-state index contributed by atoms with van der Waals surface area (Å²) in [5.74, 6) is -1.77. The lowest BCUT2D eigenvalue weighted by Crippen LogP contribution is -2.33. The molecule has 0 aromatic carbocycles. The zero-order chi connectivity index (χ0) is 10.3. The third kappa shape index (κ3) is 6.10. The molecule has 0 aliphatic heterocycles. The maximum atomic E-state index is 10.9. The maximum Gasteiger partial charge on any atom is 0.308 e. The Morgan fingerprint density at radius 3 is 2.62 bits per heavy atom. The second-order valence-electron chi connectivity index (χ2n) is 2.68. The molecule has 1 atom stereocenters. The Balaban J connectivity index is 3.52. The number of amides is 1. The first kappa shape index (κ1) is 11.9. The molecule has 1 amide bonds. The summed E-state index contributed by atoms with van der Waals surface area (Å²) >= 11 is 0. The third-order valence-corrected chi connectivity index (χ3v) is 1.46. The van der Waals surface area contributed by atoms with E-state index in [-0.39, 0.29) is 19.1 Å². The van der Waals surface area contributed by atoms with E-state index in [0.29, 0.717) is 6.61 Å².